The standard InChI is InChI=1S/C14H10BrClN4/c1-17-14-10(15)7-19-13(20-14)9-4-5-11(16)8-3-2-6-18-12(8)9/h2-7H,1H3,(H,17,19,20). The fourth-order valence-electron chi connectivity index (χ4n) is 1.99. The molecule has 0 aliphatic rings. The molecule has 4 nitrogen and oxygen atoms in total. The Labute approximate surface area is 129 Å². The van der Waals surface area contributed by atoms with E-state index in [-0.39, 0.29) is 0 Å². The molecule has 6 heteroatoms. The molecular weight excluding hydrogens is 340 g/mol. The summed E-state index contributed by atoms with van der Waals surface area (Å²) < 4.78 is 0.815. The van der Waals surface area contributed by atoms with Gasteiger partial charge in [0.2, 0.25) is 0 Å². The third-order valence-electron chi connectivity index (χ3n) is 2.94. The van der Waals surface area contributed by atoms with Crippen molar-refractivity contribution < 1.29 is 0 Å². The zero-order chi connectivity index (χ0) is 14.1. The number of pyridine rings is 1. The molecular formula is C14H10BrClN4. The number of nitrogens with zero attached hydrogens (tertiary/aromatic N) is 3. The molecule has 0 saturated heterocycles. The van der Waals surface area contributed by atoms with E-state index in [0.29, 0.717) is 10.8 Å². The summed E-state index contributed by atoms with van der Waals surface area (Å²) in [5.74, 6) is 1.34. The van der Waals surface area contributed by atoms with E-state index in [1.54, 1.807) is 12.4 Å². The predicted molar refractivity (Wildman–Crippen MR) is 85.0 cm³/mol. The second-order valence-electron chi connectivity index (χ2n) is 4.13. The molecule has 3 aromatic rings. The van der Waals surface area contributed by atoms with Gasteiger partial charge in [-0.25, -0.2) is 9.97 Å². The van der Waals surface area contributed by atoms with Crippen LogP contribution in [0.4, 0.5) is 5.82 Å². The largest absolute Gasteiger partial charge is 0.372 e. The minimum atomic E-state index is 0.609. The zero-order valence-electron chi connectivity index (χ0n) is 10.6. The Morgan fingerprint density at radius 1 is 1.20 bits per heavy atom. The van der Waals surface area contributed by atoms with Crippen molar-refractivity contribution >= 4 is 44.3 Å². The van der Waals surface area contributed by atoms with Crippen molar-refractivity contribution in [2.24, 2.45) is 0 Å². The van der Waals surface area contributed by atoms with Crippen molar-refractivity contribution in [3.05, 3.63) is 46.2 Å². The highest BCUT2D eigenvalue weighted by Gasteiger charge is 2.11. The summed E-state index contributed by atoms with van der Waals surface area (Å²) in [7, 11) is 1.81. The lowest BCUT2D eigenvalue weighted by Gasteiger charge is -2.08. The van der Waals surface area contributed by atoms with E-state index in [4.69, 9.17) is 11.6 Å². The van der Waals surface area contributed by atoms with Gasteiger partial charge in [0.1, 0.15) is 5.82 Å². The molecule has 20 heavy (non-hydrogen) atoms. The van der Waals surface area contributed by atoms with Gasteiger partial charge < -0.3 is 5.32 Å². The summed E-state index contributed by atoms with van der Waals surface area (Å²) in [4.78, 5) is 13.2. The second kappa shape index (κ2) is 5.34. The van der Waals surface area contributed by atoms with Crippen molar-refractivity contribution in [1.82, 2.24) is 15.0 Å². The smallest absolute Gasteiger partial charge is 0.163 e. The third kappa shape index (κ3) is 2.23. The molecule has 2 heterocycles. The topological polar surface area (TPSA) is 50.7 Å². The number of benzene rings is 1. The second-order valence-corrected chi connectivity index (χ2v) is 5.40. The van der Waals surface area contributed by atoms with Gasteiger partial charge in [0.25, 0.3) is 0 Å². The van der Waals surface area contributed by atoms with E-state index in [1.807, 2.05) is 31.3 Å². The Kier molecular flexibility index (Phi) is 3.54. The molecule has 0 aliphatic heterocycles. The molecule has 0 atom stereocenters. The van der Waals surface area contributed by atoms with Gasteiger partial charge in [0.15, 0.2) is 5.82 Å². The lowest BCUT2D eigenvalue weighted by Crippen LogP contribution is -1.98. The van der Waals surface area contributed by atoms with Crippen molar-refractivity contribution in [3.63, 3.8) is 0 Å². The van der Waals surface area contributed by atoms with Crippen LogP contribution in [0.15, 0.2) is 41.1 Å². The lowest BCUT2D eigenvalue weighted by molar-refractivity contribution is 1.15. The van der Waals surface area contributed by atoms with Gasteiger partial charge in [0.05, 0.1) is 15.0 Å². The minimum Gasteiger partial charge on any atom is -0.372 e. The number of rotatable bonds is 2. The molecule has 3 rings (SSSR count). The van der Waals surface area contributed by atoms with Gasteiger partial charge in [-0.05, 0) is 40.2 Å². The van der Waals surface area contributed by atoms with Gasteiger partial charge in [0, 0.05) is 30.4 Å². The number of hydrogen-bond donors (Lipinski definition) is 1. The highest BCUT2D eigenvalue weighted by molar-refractivity contribution is 9.10. The number of nitrogens with one attached hydrogen (secondary N) is 1. The van der Waals surface area contributed by atoms with Crippen LogP contribution in [0.5, 0.6) is 0 Å². The predicted octanol–water partition coefficient (Wildman–Crippen LogP) is 4.15. The minimum absolute atomic E-state index is 0.609. The van der Waals surface area contributed by atoms with Crippen molar-refractivity contribution in [1.29, 1.82) is 0 Å². The molecule has 0 bridgehead atoms. The van der Waals surface area contributed by atoms with E-state index in [0.717, 1.165) is 26.8 Å². The van der Waals surface area contributed by atoms with E-state index in [1.165, 1.54) is 0 Å². The van der Waals surface area contributed by atoms with Crippen LogP contribution in [-0.2, 0) is 0 Å². The first kappa shape index (κ1) is 13.3. The number of fused-ring (bicyclic) bond motifs is 1. The maximum absolute atomic E-state index is 6.20. The van der Waals surface area contributed by atoms with Crippen molar-refractivity contribution in [3.8, 4) is 11.4 Å². The molecule has 0 saturated carbocycles. The summed E-state index contributed by atoms with van der Waals surface area (Å²) >= 11 is 9.60. The maximum atomic E-state index is 6.20. The van der Waals surface area contributed by atoms with Gasteiger partial charge in [-0.1, -0.05) is 11.6 Å². The Morgan fingerprint density at radius 2 is 2.05 bits per heavy atom. The highest BCUT2D eigenvalue weighted by atomic mass is 79.9. The van der Waals surface area contributed by atoms with Gasteiger partial charge in [-0.15, -0.1) is 0 Å². The summed E-state index contributed by atoms with van der Waals surface area (Å²) in [5, 5.41) is 4.58. The van der Waals surface area contributed by atoms with E-state index in [2.05, 4.69) is 36.2 Å². The first-order valence-corrected chi connectivity index (χ1v) is 7.11. The normalized spacial score (nSPS) is 10.8. The quantitative estimate of drug-likeness (QED) is 0.755. The molecule has 0 aliphatic carbocycles. The van der Waals surface area contributed by atoms with Crippen molar-refractivity contribution in [2.45, 2.75) is 0 Å². The average molecular weight is 350 g/mol. The first-order chi connectivity index (χ1) is 9.70. The van der Waals surface area contributed by atoms with Crippen LogP contribution < -0.4 is 5.32 Å². The highest BCUT2D eigenvalue weighted by Crippen LogP contribution is 2.31. The third-order valence-corrected chi connectivity index (χ3v) is 3.85. The SMILES string of the molecule is CNc1nc(-c2ccc(Cl)c3cccnc23)ncc1Br. The molecule has 0 spiro atoms. The van der Waals surface area contributed by atoms with E-state index < -0.39 is 0 Å². The fourth-order valence-corrected chi connectivity index (χ4v) is 2.60. The van der Waals surface area contributed by atoms with Crippen LogP contribution in [0.25, 0.3) is 22.3 Å². The summed E-state index contributed by atoms with van der Waals surface area (Å²) in [6.07, 6.45) is 3.46. The molecule has 100 valence electrons. The van der Waals surface area contributed by atoms with Crippen LogP contribution in [0.3, 0.4) is 0 Å². The van der Waals surface area contributed by atoms with E-state index in [9.17, 15) is 0 Å². The first-order valence-electron chi connectivity index (χ1n) is 5.94. The summed E-state index contributed by atoms with van der Waals surface area (Å²) in [6, 6.07) is 7.52. The number of anilines is 1. The summed E-state index contributed by atoms with van der Waals surface area (Å²) in [6.45, 7) is 0. The average Bonchev–Trinajstić information content (AvgIpc) is 2.49. The Morgan fingerprint density at radius 3 is 2.85 bits per heavy atom. The van der Waals surface area contributed by atoms with Gasteiger partial charge in [-0.2, -0.15) is 0 Å². The van der Waals surface area contributed by atoms with Crippen LogP contribution in [-0.4, -0.2) is 22.0 Å². The molecule has 0 unspecified atom stereocenters. The number of hydrogen-bond acceptors (Lipinski definition) is 4. The molecule has 1 N–H and O–H groups in total. The Bertz CT molecular complexity index is 791. The number of halogens is 2. The van der Waals surface area contributed by atoms with Crippen LogP contribution in [0, 0.1) is 0 Å². The maximum Gasteiger partial charge on any atom is 0.163 e. The number of aromatic nitrogens is 3. The van der Waals surface area contributed by atoms with E-state index >= 15 is 0 Å². The summed E-state index contributed by atoms with van der Waals surface area (Å²) in [5.41, 5.74) is 1.65. The van der Waals surface area contributed by atoms with Crippen molar-refractivity contribution in [2.75, 3.05) is 12.4 Å². The fraction of sp³-hybridized carbons (Fsp3) is 0.0714. The Hall–Kier alpha value is -1.72. The van der Waals surface area contributed by atoms with Gasteiger partial charge in [-0.3, -0.25) is 4.98 Å². The monoisotopic (exact) mass is 348 g/mol. The molecule has 2 aromatic heterocycles. The Balaban J connectivity index is 2.27. The van der Waals surface area contributed by atoms with Crippen LogP contribution in [0.1, 0.15) is 0 Å². The molecule has 0 amide bonds. The lowest BCUT2D eigenvalue weighted by atomic mass is 10.1. The zero-order valence-corrected chi connectivity index (χ0v) is 12.9. The van der Waals surface area contributed by atoms with Crippen LogP contribution in [0.2, 0.25) is 5.02 Å². The van der Waals surface area contributed by atoms with Gasteiger partial charge >= 0.3 is 0 Å². The molecule has 1 aromatic carbocycles. The van der Waals surface area contributed by atoms with Crippen LogP contribution >= 0.6 is 27.5 Å². The molecule has 0 radical (unpaired) electrons. The molecule has 0 fully saturated rings.